The first-order valence-corrected chi connectivity index (χ1v) is 6.51. The van der Waals surface area contributed by atoms with Gasteiger partial charge < -0.3 is 10.4 Å². The van der Waals surface area contributed by atoms with Gasteiger partial charge in [0.2, 0.25) is 5.91 Å². The zero-order chi connectivity index (χ0) is 13.7. The number of hydrogen-bond donors (Lipinski definition) is 2. The van der Waals surface area contributed by atoms with E-state index < -0.39 is 5.97 Å². The zero-order valence-corrected chi connectivity index (χ0v) is 10.8. The molecular weight excluding hydrogens is 244 g/mol. The lowest BCUT2D eigenvalue weighted by atomic mass is 10.1. The van der Waals surface area contributed by atoms with Crippen molar-refractivity contribution in [3.05, 3.63) is 29.8 Å². The maximum absolute atomic E-state index is 11.9. The van der Waals surface area contributed by atoms with E-state index >= 15 is 0 Å². The van der Waals surface area contributed by atoms with Crippen LogP contribution in [0.3, 0.4) is 0 Å². The van der Waals surface area contributed by atoms with Crippen LogP contribution in [0.4, 0.5) is 5.69 Å². The highest BCUT2D eigenvalue weighted by Gasteiger charge is 2.14. The van der Waals surface area contributed by atoms with E-state index in [9.17, 15) is 9.59 Å². The van der Waals surface area contributed by atoms with E-state index in [1.54, 1.807) is 12.1 Å². The normalized spacial score (nSPS) is 16.0. The Morgan fingerprint density at radius 3 is 2.63 bits per heavy atom. The number of nitrogens with one attached hydrogen (secondary N) is 1. The molecule has 1 aliphatic rings. The van der Waals surface area contributed by atoms with Gasteiger partial charge in [-0.1, -0.05) is 12.5 Å². The molecule has 1 fully saturated rings. The average Bonchev–Trinajstić information content (AvgIpc) is 2.40. The van der Waals surface area contributed by atoms with E-state index in [-0.39, 0.29) is 11.5 Å². The third-order valence-corrected chi connectivity index (χ3v) is 3.21. The second kappa shape index (κ2) is 6.33. The summed E-state index contributed by atoms with van der Waals surface area (Å²) in [6, 6.07) is 6.29. The van der Waals surface area contributed by atoms with Crippen molar-refractivity contribution in [3.63, 3.8) is 0 Å². The van der Waals surface area contributed by atoms with Crippen molar-refractivity contribution in [3.8, 4) is 0 Å². The summed E-state index contributed by atoms with van der Waals surface area (Å²) < 4.78 is 0. The highest BCUT2D eigenvalue weighted by atomic mass is 16.4. The smallest absolute Gasteiger partial charge is 0.335 e. The van der Waals surface area contributed by atoms with Gasteiger partial charge in [0.1, 0.15) is 0 Å². The third kappa shape index (κ3) is 4.06. The Morgan fingerprint density at radius 2 is 1.95 bits per heavy atom. The monoisotopic (exact) mass is 262 g/mol. The first kappa shape index (κ1) is 13.5. The van der Waals surface area contributed by atoms with E-state index in [4.69, 9.17) is 5.11 Å². The van der Waals surface area contributed by atoms with E-state index in [1.165, 1.54) is 18.6 Å². The molecule has 1 aromatic rings. The standard InChI is InChI=1S/C14H18N2O3/c17-13(10-16-7-2-1-3-8-16)15-12-6-4-5-11(9-12)14(18)19/h4-6,9H,1-3,7-8,10H2,(H,15,17)(H,18,19). The molecule has 0 aliphatic carbocycles. The summed E-state index contributed by atoms with van der Waals surface area (Å²) >= 11 is 0. The lowest BCUT2D eigenvalue weighted by Gasteiger charge is -2.25. The average molecular weight is 262 g/mol. The van der Waals surface area contributed by atoms with Gasteiger partial charge in [-0.05, 0) is 44.1 Å². The van der Waals surface area contributed by atoms with Gasteiger partial charge in [-0.2, -0.15) is 0 Å². The van der Waals surface area contributed by atoms with Crippen LogP contribution in [-0.4, -0.2) is 41.5 Å². The molecule has 1 amide bonds. The molecule has 19 heavy (non-hydrogen) atoms. The van der Waals surface area contributed by atoms with Crippen LogP contribution in [0, 0.1) is 0 Å². The van der Waals surface area contributed by atoms with Crippen LogP contribution in [0.2, 0.25) is 0 Å². The fraction of sp³-hybridized carbons (Fsp3) is 0.429. The number of amides is 1. The maximum Gasteiger partial charge on any atom is 0.335 e. The Bertz CT molecular complexity index is 468. The molecule has 1 heterocycles. The molecule has 0 bridgehead atoms. The number of likely N-dealkylation sites (tertiary alicyclic amines) is 1. The second-order valence-electron chi connectivity index (χ2n) is 4.77. The second-order valence-corrected chi connectivity index (χ2v) is 4.77. The minimum atomic E-state index is -0.993. The molecule has 5 heteroatoms. The van der Waals surface area contributed by atoms with E-state index in [0.29, 0.717) is 12.2 Å². The molecule has 0 radical (unpaired) electrons. The van der Waals surface area contributed by atoms with Gasteiger partial charge in [-0.25, -0.2) is 4.79 Å². The molecular formula is C14H18N2O3. The van der Waals surface area contributed by atoms with E-state index in [2.05, 4.69) is 10.2 Å². The fourth-order valence-corrected chi connectivity index (χ4v) is 2.25. The zero-order valence-electron chi connectivity index (χ0n) is 10.8. The summed E-state index contributed by atoms with van der Waals surface area (Å²) in [5.41, 5.74) is 0.706. The minimum Gasteiger partial charge on any atom is -0.478 e. The van der Waals surface area contributed by atoms with Crippen molar-refractivity contribution in [2.45, 2.75) is 19.3 Å². The Morgan fingerprint density at radius 1 is 1.21 bits per heavy atom. The maximum atomic E-state index is 11.9. The Labute approximate surface area is 112 Å². The largest absolute Gasteiger partial charge is 0.478 e. The SMILES string of the molecule is O=C(CN1CCCCC1)Nc1cccc(C(=O)O)c1. The van der Waals surface area contributed by atoms with Crippen molar-refractivity contribution in [2.24, 2.45) is 0 Å². The lowest BCUT2D eigenvalue weighted by molar-refractivity contribution is -0.117. The summed E-state index contributed by atoms with van der Waals surface area (Å²) in [6.45, 7) is 2.29. The van der Waals surface area contributed by atoms with Gasteiger partial charge in [0.25, 0.3) is 0 Å². The number of hydrogen-bond acceptors (Lipinski definition) is 3. The molecule has 2 N–H and O–H groups in total. The van der Waals surface area contributed by atoms with Gasteiger partial charge in [0.05, 0.1) is 12.1 Å². The summed E-state index contributed by atoms with van der Waals surface area (Å²) in [5.74, 6) is -1.09. The first-order valence-electron chi connectivity index (χ1n) is 6.51. The van der Waals surface area contributed by atoms with Crippen LogP contribution < -0.4 is 5.32 Å². The first-order chi connectivity index (χ1) is 9.15. The number of aromatic carboxylic acids is 1. The Kier molecular flexibility index (Phi) is 4.52. The Hall–Kier alpha value is -1.88. The fourth-order valence-electron chi connectivity index (χ4n) is 2.25. The summed E-state index contributed by atoms with van der Waals surface area (Å²) in [5, 5.41) is 11.6. The molecule has 0 spiro atoms. The van der Waals surface area contributed by atoms with E-state index in [0.717, 1.165) is 25.9 Å². The third-order valence-electron chi connectivity index (χ3n) is 3.21. The van der Waals surface area contributed by atoms with Crippen LogP contribution in [0.1, 0.15) is 29.6 Å². The van der Waals surface area contributed by atoms with Gasteiger partial charge >= 0.3 is 5.97 Å². The summed E-state index contributed by atoms with van der Waals surface area (Å²) in [6.07, 6.45) is 3.52. The number of piperidine rings is 1. The van der Waals surface area contributed by atoms with Crippen molar-refractivity contribution < 1.29 is 14.7 Å². The van der Waals surface area contributed by atoms with E-state index in [1.807, 2.05) is 0 Å². The van der Waals surface area contributed by atoms with Crippen LogP contribution in [0.25, 0.3) is 0 Å². The Balaban J connectivity index is 1.90. The molecule has 2 rings (SSSR count). The van der Waals surface area contributed by atoms with Gasteiger partial charge in [0.15, 0.2) is 0 Å². The number of carboxylic acids is 1. The number of benzene rings is 1. The number of anilines is 1. The summed E-state index contributed by atoms with van der Waals surface area (Å²) in [7, 11) is 0. The number of carbonyl (C=O) groups excluding carboxylic acids is 1. The molecule has 1 aliphatic heterocycles. The molecule has 5 nitrogen and oxygen atoms in total. The highest BCUT2D eigenvalue weighted by Crippen LogP contribution is 2.12. The van der Waals surface area contributed by atoms with Crippen molar-refractivity contribution in [2.75, 3.05) is 25.0 Å². The molecule has 102 valence electrons. The molecule has 0 atom stereocenters. The molecule has 0 unspecified atom stereocenters. The number of rotatable bonds is 4. The molecule has 0 aromatic heterocycles. The quantitative estimate of drug-likeness (QED) is 0.868. The lowest BCUT2D eigenvalue weighted by Crippen LogP contribution is -2.36. The van der Waals surface area contributed by atoms with Gasteiger partial charge in [-0.3, -0.25) is 9.69 Å². The topological polar surface area (TPSA) is 69.6 Å². The summed E-state index contributed by atoms with van der Waals surface area (Å²) in [4.78, 5) is 24.8. The van der Waals surface area contributed by atoms with Crippen LogP contribution in [-0.2, 0) is 4.79 Å². The van der Waals surface area contributed by atoms with Gasteiger partial charge in [0, 0.05) is 5.69 Å². The number of carbonyl (C=O) groups is 2. The predicted molar refractivity (Wildman–Crippen MR) is 72.3 cm³/mol. The van der Waals surface area contributed by atoms with Crippen LogP contribution in [0.15, 0.2) is 24.3 Å². The van der Waals surface area contributed by atoms with Gasteiger partial charge in [-0.15, -0.1) is 0 Å². The number of nitrogens with zero attached hydrogens (tertiary/aromatic N) is 1. The number of carboxylic acid groups (broad SMARTS) is 1. The van der Waals surface area contributed by atoms with Crippen LogP contribution >= 0.6 is 0 Å². The van der Waals surface area contributed by atoms with Crippen molar-refractivity contribution in [1.82, 2.24) is 4.90 Å². The minimum absolute atomic E-state index is 0.0931. The highest BCUT2D eigenvalue weighted by molar-refractivity contribution is 5.94. The molecule has 1 aromatic carbocycles. The predicted octanol–water partition coefficient (Wildman–Crippen LogP) is 1.81. The van der Waals surface area contributed by atoms with Crippen LogP contribution in [0.5, 0.6) is 0 Å². The molecule has 1 saturated heterocycles. The van der Waals surface area contributed by atoms with Crippen molar-refractivity contribution >= 4 is 17.6 Å². The molecule has 0 saturated carbocycles. The van der Waals surface area contributed by atoms with Crippen molar-refractivity contribution in [1.29, 1.82) is 0 Å².